The van der Waals surface area contributed by atoms with Gasteiger partial charge in [0.05, 0.1) is 17.3 Å². The van der Waals surface area contributed by atoms with Crippen molar-refractivity contribution in [3.05, 3.63) is 84.1 Å². The number of piperidine rings is 1. The Morgan fingerprint density at radius 1 is 1.06 bits per heavy atom. The van der Waals surface area contributed by atoms with Crippen molar-refractivity contribution in [2.24, 2.45) is 0 Å². The molecule has 3 heterocycles. The Balaban J connectivity index is 1.37. The molecule has 2 aliphatic heterocycles. The first kappa shape index (κ1) is 22.5. The van der Waals surface area contributed by atoms with Crippen LogP contribution in [-0.4, -0.2) is 47.1 Å². The van der Waals surface area contributed by atoms with Gasteiger partial charge in [0, 0.05) is 44.0 Å². The molecule has 2 aliphatic rings. The highest BCUT2D eigenvalue weighted by Gasteiger charge is 2.46. The van der Waals surface area contributed by atoms with Gasteiger partial charge in [0.2, 0.25) is 11.8 Å². The number of halogens is 1. The van der Waals surface area contributed by atoms with Crippen molar-refractivity contribution in [1.29, 1.82) is 0 Å². The standard InChI is InChI=1S/C27H28FN3O3/c28-23-11-5-4-10-22(23)27(12-15-33-16-13-27)26(32)31-14-6-7-20(19-31)24-17-29-18-25(30-24)34-21-8-2-1-3-9-21/h1-5,8-11,17-18,20H,6-7,12-16,19H2/t20-/m1/s1. The largest absolute Gasteiger partial charge is 0.437 e. The molecule has 0 bridgehead atoms. The summed E-state index contributed by atoms with van der Waals surface area (Å²) in [5.41, 5.74) is 0.386. The lowest BCUT2D eigenvalue weighted by molar-refractivity contribution is -0.142. The van der Waals surface area contributed by atoms with Gasteiger partial charge in [-0.3, -0.25) is 9.78 Å². The van der Waals surface area contributed by atoms with E-state index in [1.807, 2.05) is 35.2 Å². The number of ether oxygens (including phenoxy) is 2. The smallest absolute Gasteiger partial charge is 0.238 e. The summed E-state index contributed by atoms with van der Waals surface area (Å²) in [5.74, 6) is 0.820. The average molecular weight is 462 g/mol. The second kappa shape index (κ2) is 9.89. The molecule has 1 amide bonds. The molecule has 0 N–H and O–H groups in total. The van der Waals surface area contributed by atoms with Gasteiger partial charge in [0.15, 0.2) is 0 Å². The maximum absolute atomic E-state index is 14.9. The van der Waals surface area contributed by atoms with Crippen LogP contribution in [0.2, 0.25) is 0 Å². The Morgan fingerprint density at radius 3 is 2.62 bits per heavy atom. The van der Waals surface area contributed by atoms with Crippen molar-refractivity contribution in [2.45, 2.75) is 37.0 Å². The number of carbonyl (C=O) groups excluding carboxylic acids is 1. The molecular weight excluding hydrogens is 433 g/mol. The zero-order valence-electron chi connectivity index (χ0n) is 19.0. The summed E-state index contributed by atoms with van der Waals surface area (Å²) < 4.78 is 26.3. The quantitative estimate of drug-likeness (QED) is 0.543. The Bertz CT molecular complexity index is 1130. The predicted octanol–water partition coefficient (Wildman–Crippen LogP) is 4.86. The summed E-state index contributed by atoms with van der Waals surface area (Å²) in [7, 11) is 0. The SMILES string of the molecule is O=C(N1CCC[C@@H](c2cncc(Oc3ccccc3)n2)C1)C1(c2ccccc2F)CCOCC1. The van der Waals surface area contributed by atoms with E-state index in [-0.39, 0.29) is 17.6 Å². The Labute approximate surface area is 198 Å². The van der Waals surface area contributed by atoms with Crippen molar-refractivity contribution < 1.29 is 18.7 Å². The third-order valence-electron chi connectivity index (χ3n) is 6.87. The van der Waals surface area contributed by atoms with E-state index in [0.29, 0.717) is 56.3 Å². The van der Waals surface area contributed by atoms with Crippen molar-refractivity contribution >= 4 is 5.91 Å². The Hall–Kier alpha value is -3.32. The van der Waals surface area contributed by atoms with Crippen molar-refractivity contribution in [1.82, 2.24) is 14.9 Å². The number of hydrogen-bond acceptors (Lipinski definition) is 5. The predicted molar refractivity (Wildman–Crippen MR) is 125 cm³/mol. The molecule has 1 aromatic heterocycles. The maximum atomic E-state index is 14.9. The Morgan fingerprint density at radius 2 is 1.82 bits per heavy atom. The van der Waals surface area contributed by atoms with Crippen LogP contribution < -0.4 is 4.74 Å². The Kier molecular flexibility index (Phi) is 6.54. The zero-order chi connectivity index (χ0) is 23.4. The van der Waals surface area contributed by atoms with E-state index >= 15 is 0 Å². The molecule has 0 spiro atoms. The molecule has 3 aromatic rings. The maximum Gasteiger partial charge on any atom is 0.238 e. The normalized spacial score (nSPS) is 20.0. The highest BCUT2D eigenvalue weighted by atomic mass is 19.1. The number of carbonyl (C=O) groups is 1. The third kappa shape index (κ3) is 4.53. The first-order valence-corrected chi connectivity index (χ1v) is 11.8. The summed E-state index contributed by atoms with van der Waals surface area (Å²) in [4.78, 5) is 24.9. The van der Waals surface area contributed by atoms with E-state index in [2.05, 4.69) is 9.97 Å². The second-order valence-corrected chi connectivity index (χ2v) is 8.96. The third-order valence-corrected chi connectivity index (χ3v) is 6.87. The van der Waals surface area contributed by atoms with E-state index in [1.54, 1.807) is 30.6 Å². The first-order valence-electron chi connectivity index (χ1n) is 11.8. The molecule has 176 valence electrons. The van der Waals surface area contributed by atoms with Crippen LogP contribution in [0.5, 0.6) is 11.6 Å². The number of para-hydroxylation sites is 1. The van der Waals surface area contributed by atoms with Crippen LogP contribution in [0.25, 0.3) is 0 Å². The molecular formula is C27H28FN3O3. The number of amides is 1. The van der Waals surface area contributed by atoms with Crippen LogP contribution in [0.15, 0.2) is 67.0 Å². The van der Waals surface area contributed by atoms with Gasteiger partial charge in [-0.05, 0) is 43.9 Å². The molecule has 0 unspecified atom stereocenters. The summed E-state index contributed by atoms with van der Waals surface area (Å²) >= 11 is 0. The number of nitrogens with zero attached hydrogens (tertiary/aromatic N) is 3. The molecule has 1 atom stereocenters. The van der Waals surface area contributed by atoms with Gasteiger partial charge in [-0.25, -0.2) is 9.37 Å². The molecule has 6 nitrogen and oxygen atoms in total. The van der Waals surface area contributed by atoms with E-state index in [0.717, 1.165) is 18.5 Å². The zero-order valence-corrected chi connectivity index (χ0v) is 19.0. The highest BCUT2D eigenvalue weighted by Crippen LogP contribution is 2.40. The lowest BCUT2D eigenvalue weighted by Gasteiger charge is -2.42. The minimum Gasteiger partial charge on any atom is -0.437 e. The van der Waals surface area contributed by atoms with E-state index in [4.69, 9.17) is 9.47 Å². The van der Waals surface area contributed by atoms with Gasteiger partial charge in [-0.15, -0.1) is 0 Å². The van der Waals surface area contributed by atoms with Crippen LogP contribution in [0, 0.1) is 5.82 Å². The fourth-order valence-electron chi connectivity index (χ4n) is 5.09. The molecule has 2 fully saturated rings. The fraction of sp³-hybridized carbons (Fsp3) is 0.370. The minimum atomic E-state index is -0.893. The van der Waals surface area contributed by atoms with Crippen molar-refractivity contribution in [2.75, 3.05) is 26.3 Å². The lowest BCUT2D eigenvalue weighted by Crippen LogP contribution is -2.52. The first-order chi connectivity index (χ1) is 16.7. The van der Waals surface area contributed by atoms with Crippen molar-refractivity contribution in [3.8, 4) is 11.6 Å². The van der Waals surface area contributed by atoms with Crippen LogP contribution in [0.3, 0.4) is 0 Å². The summed E-state index contributed by atoms with van der Waals surface area (Å²) in [6.07, 6.45) is 6.06. The summed E-state index contributed by atoms with van der Waals surface area (Å²) in [6, 6.07) is 16.1. The molecule has 2 saturated heterocycles. The van der Waals surface area contributed by atoms with Crippen LogP contribution >= 0.6 is 0 Å². The van der Waals surface area contributed by atoms with E-state index < -0.39 is 5.41 Å². The number of likely N-dealkylation sites (tertiary alicyclic amines) is 1. The molecule has 5 rings (SSSR count). The number of aromatic nitrogens is 2. The van der Waals surface area contributed by atoms with Crippen LogP contribution in [-0.2, 0) is 14.9 Å². The highest BCUT2D eigenvalue weighted by molar-refractivity contribution is 5.88. The number of benzene rings is 2. The average Bonchev–Trinajstić information content (AvgIpc) is 2.90. The molecule has 34 heavy (non-hydrogen) atoms. The summed E-state index contributed by atoms with van der Waals surface area (Å²) in [5, 5.41) is 0. The monoisotopic (exact) mass is 461 g/mol. The summed E-state index contributed by atoms with van der Waals surface area (Å²) in [6.45, 7) is 2.07. The van der Waals surface area contributed by atoms with Gasteiger partial charge in [0.25, 0.3) is 0 Å². The van der Waals surface area contributed by atoms with Gasteiger partial charge in [0.1, 0.15) is 11.6 Å². The lowest BCUT2D eigenvalue weighted by atomic mass is 9.72. The van der Waals surface area contributed by atoms with Gasteiger partial charge in [-0.2, -0.15) is 0 Å². The van der Waals surface area contributed by atoms with Crippen LogP contribution in [0.1, 0.15) is 42.9 Å². The van der Waals surface area contributed by atoms with E-state index in [1.165, 1.54) is 6.07 Å². The van der Waals surface area contributed by atoms with Crippen molar-refractivity contribution in [3.63, 3.8) is 0 Å². The minimum absolute atomic E-state index is 0.0183. The van der Waals surface area contributed by atoms with Crippen LogP contribution in [0.4, 0.5) is 4.39 Å². The van der Waals surface area contributed by atoms with Gasteiger partial charge < -0.3 is 14.4 Å². The fourth-order valence-corrected chi connectivity index (χ4v) is 5.09. The topological polar surface area (TPSA) is 64.6 Å². The molecule has 0 saturated carbocycles. The van der Waals surface area contributed by atoms with E-state index in [9.17, 15) is 9.18 Å². The molecule has 7 heteroatoms. The number of hydrogen-bond donors (Lipinski definition) is 0. The molecule has 0 aliphatic carbocycles. The molecule has 0 radical (unpaired) electrons. The van der Waals surface area contributed by atoms with Gasteiger partial charge >= 0.3 is 0 Å². The second-order valence-electron chi connectivity index (χ2n) is 8.96. The molecule has 2 aromatic carbocycles. The number of rotatable bonds is 5. The van der Waals surface area contributed by atoms with Gasteiger partial charge in [-0.1, -0.05) is 36.4 Å².